The molecule has 0 aliphatic carbocycles. The Hall–Kier alpha value is -2.06. The second-order valence-electron chi connectivity index (χ2n) is 6.09. The fraction of sp³-hybridized carbons (Fsp3) is 0.667. The van der Waals surface area contributed by atoms with E-state index in [-0.39, 0.29) is 31.7 Å². The van der Waals surface area contributed by atoms with Crippen molar-refractivity contribution in [3.8, 4) is 0 Å². The molecule has 1 aliphatic rings. The van der Waals surface area contributed by atoms with Gasteiger partial charge in [0.25, 0.3) is 0 Å². The van der Waals surface area contributed by atoms with Crippen molar-refractivity contribution in [3.05, 3.63) is 18.0 Å². The minimum absolute atomic E-state index is 0.113. The van der Waals surface area contributed by atoms with Gasteiger partial charge in [-0.3, -0.25) is 14.3 Å². The molecule has 1 aromatic rings. The van der Waals surface area contributed by atoms with Crippen molar-refractivity contribution in [2.75, 3.05) is 6.54 Å². The second-order valence-corrected chi connectivity index (χ2v) is 6.09. The minimum Gasteiger partial charge on any atom is -0.352 e. The zero-order valence-corrected chi connectivity index (χ0v) is 13.6. The van der Waals surface area contributed by atoms with E-state index in [0.29, 0.717) is 6.42 Å². The number of carbonyl (C=O) groups is 2. The van der Waals surface area contributed by atoms with Gasteiger partial charge in [-0.1, -0.05) is 0 Å². The molecular weight excluding hydrogens is 325 g/mol. The number of aryl methyl sites for hydroxylation is 2. The first-order chi connectivity index (χ1) is 11.2. The van der Waals surface area contributed by atoms with Gasteiger partial charge in [0.1, 0.15) is 6.04 Å². The molecule has 2 amide bonds. The molecule has 0 unspecified atom stereocenters. The highest BCUT2D eigenvalue weighted by atomic mass is 19.4. The van der Waals surface area contributed by atoms with Crippen LogP contribution >= 0.6 is 0 Å². The number of amides is 2. The lowest BCUT2D eigenvalue weighted by Gasteiger charge is -2.40. The molecule has 0 radical (unpaired) electrons. The molecule has 2 atom stereocenters. The Kier molecular flexibility index (Phi) is 5.51. The van der Waals surface area contributed by atoms with E-state index in [2.05, 4.69) is 10.4 Å². The number of rotatable bonds is 4. The number of nitrogens with one attached hydrogen (secondary N) is 1. The van der Waals surface area contributed by atoms with E-state index in [1.54, 1.807) is 24.1 Å². The monoisotopic (exact) mass is 346 g/mol. The van der Waals surface area contributed by atoms with Gasteiger partial charge in [0.2, 0.25) is 11.8 Å². The van der Waals surface area contributed by atoms with Crippen molar-refractivity contribution >= 4 is 11.8 Å². The highest BCUT2D eigenvalue weighted by Gasteiger charge is 2.47. The number of alkyl halides is 3. The summed E-state index contributed by atoms with van der Waals surface area (Å²) in [5.41, 5.74) is 0.916. The summed E-state index contributed by atoms with van der Waals surface area (Å²) >= 11 is 0. The summed E-state index contributed by atoms with van der Waals surface area (Å²) in [5, 5.41) is 6.73. The SMILES string of the molecule is CC(=O)N1C[C@@H](NC(=O)CCc2cnn(C)c2)CC[C@H]1C(F)(F)F. The molecule has 2 heterocycles. The summed E-state index contributed by atoms with van der Waals surface area (Å²) in [7, 11) is 1.78. The first-order valence-electron chi connectivity index (χ1n) is 7.77. The van der Waals surface area contributed by atoms with Crippen LogP contribution < -0.4 is 5.32 Å². The number of hydrogen-bond donors (Lipinski definition) is 1. The average molecular weight is 346 g/mol. The molecule has 2 rings (SSSR count). The Morgan fingerprint density at radius 2 is 2.08 bits per heavy atom. The number of halogens is 3. The third kappa shape index (κ3) is 4.72. The molecule has 0 aromatic carbocycles. The molecule has 1 aliphatic heterocycles. The number of hydrogen-bond acceptors (Lipinski definition) is 3. The van der Waals surface area contributed by atoms with E-state index in [4.69, 9.17) is 0 Å². The van der Waals surface area contributed by atoms with Crippen LogP contribution in [0, 0.1) is 0 Å². The fourth-order valence-electron chi connectivity index (χ4n) is 2.94. The maximum Gasteiger partial charge on any atom is 0.408 e. The average Bonchev–Trinajstić information content (AvgIpc) is 2.89. The van der Waals surface area contributed by atoms with E-state index in [9.17, 15) is 22.8 Å². The van der Waals surface area contributed by atoms with Crippen LogP contribution in [0.15, 0.2) is 12.4 Å². The third-order valence-electron chi connectivity index (χ3n) is 4.13. The number of carbonyl (C=O) groups excluding carboxylic acids is 2. The molecule has 1 aromatic heterocycles. The first-order valence-corrected chi connectivity index (χ1v) is 7.77. The maximum atomic E-state index is 13.0. The molecule has 134 valence electrons. The molecule has 24 heavy (non-hydrogen) atoms. The zero-order valence-electron chi connectivity index (χ0n) is 13.6. The predicted molar refractivity (Wildman–Crippen MR) is 79.9 cm³/mol. The largest absolute Gasteiger partial charge is 0.408 e. The van der Waals surface area contributed by atoms with Crippen molar-refractivity contribution in [2.24, 2.45) is 7.05 Å². The molecule has 1 saturated heterocycles. The fourth-order valence-corrected chi connectivity index (χ4v) is 2.94. The number of likely N-dealkylation sites (tertiary alicyclic amines) is 1. The van der Waals surface area contributed by atoms with Gasteiger partial charge < -0.3 is 10.2 Å². The van der Waals surface area contributed by atoms with E-state index in [0.717, 1.165) is 17.4 Å². The van der Waals surface area contributed by atoms with Crippen LogP contribution in [0.25, 0.3) is 0 Å². The van der Waals surface area contributed by atoms with Gasteiger partial charge in [0.15, 0.2) is 0 Å². The predicted octanol–water partition coefficient (Wildman–Crippen LogP) is 1.41. The number of aromatic nitrogens is 2. The van der Waals surface area contributed by atoms with Crippen LogP contribution in [0.2, 0.25) is 0 Å². The maximum absolute atomic E-state index is 13.0. The summed E-state index contributed by atoms with van der Waals surface area (Å²) < 4.78 is 40.5. The van der Waals surface area contributed by atoms with Crippen molar-refractivity contribution < 1.29 is 22.8 Å². The van der Waals surface area contributed by atoms with E-state index in [1.165, 1.54) is 0 Å². The zero-order chi connectivity index (χ0) is 17.9. The summed E-state index contributed by atoms with van der Waals surface area (Å²) in [6, 6.07) is -2.22. The van der Waals surface area contributed by atoms with E-state index >= 15 is 0 Å². The van der Waals surface area contributed by atoms with Crippen LogP contribution in [-0.4, -0.2) is 51.3 Å². The molecular formula is C15H21F3N4O2. The molecule has 1 N–H and O–H groups in total. The van der Waals surface area contributed by atoms with Gasteiger partial charge >= 0.3 is 6.18 Å². The van der Waals surface area contributed by atoms with Gasteiger partial charge in [-0.05, 0) is 24.8 Å². The quantitative estimate of drug-likeness (QED) is 0.896. The number of piperidine rings is 1. The molecule has 9 heteroatoms. The topological polar surface area (TPSA) is 67.2 Å². The lowest BCUT2D eigenvalue weighted by atomic mass is 9.97. The summed E-state index contributed by atoms with van der Waals surface area (Å²) in [4.78, 5) is 24.3. The van der Waals surface area contributed by atoms with Crippen LogP contribution in [0.1, 0.15) is 31.7 Å². The lowest BCUT2D eigenvalue weighted by molar-refractivity contribution is -0.196. The van der Waals surface area contributed by atoms with Gasteiger partial charge in [0, 0.05) is 39.2 Å². The van der Waals surface area contributed by atoms with Crippen molar-refractivity contribution in [2.45, 2.75) is 50.9 Å². The van der Waals surface area contributed by atoms with Crippen LogP contribution in [0.3, 0.4) is 0 Å². The Morgan fingerprint density at radius 1 is 1.38 bits per heavy atom. The normalized spacial score (nSPS) is 21.6. The third-order valence-corrected chi connectivity index (χ3v) is 4.13. The summed E-state index contributed by atoms with van der Waals surface area (Å²) in [6.07, 6.45) is -0.234. The Morgan fingerprint density at radius 3 is 2.62 bits per heavy atom. The van der Waals surface area contributed by atoms with Crippen molar-refractivity contribution in [1.82, 2.24) is 20.0 Å². The molecule has 0 bridgehead atoms. The van der Waals surface area contributed by atoms with Gasteiger partial charge in [-0.15, -0.1) is 0 Å². The van der Waals surface area contributed by atoms with Gasteiger partial charge in [0.05, 0.1) is 6.20 Å². The second kappa shape index (κ2) is 7.23. The Balaban J connectivity index is 1.86. The van der Waals surface area contributed by atoms with Gasteiger partial charge in [-0.2, -0.15) is 18.3 Å². The van der Waals surface area contributed by atoms with Crippen LogP contribution in [0.5, 0.6) is 0 Å². The highest BCUT2D eigenvalue weighted by Crippen LogP contribution is 2.32. The lowest BCUT2D eigenvalue weighted by Crippen LogP contribution is -2.57. The van der Waals surface area contributed by atoms with Crippen LogP contribution in [0.4, 0.5) is 13.2 Å². The molecule has 0 spiro atoms. The summed E-state index contributed by atoms with van der Waals surface area (Å²) in [5.74, 6) is -0.871. The van der Waals surface area contributed by atoms with E-state index in [1.807, 2.05) is 0 Å². The smallest absolute Gasteiger partial charge is 0.352 e. The molecule has 0 saturated carbocycles. The number of nitrogens with zero attached hydrogens (tertiary/aromatic N) is 3. The minimum atomic E-state index is -4.44. The Labute approximate surface area is 138 Å². The van der Waals surface area contributed by atoms with Crippen LogP contribution in [-0.2, 0) is 23.1 Å². The highest BCUT2D eigenvalue weighted by molar-refractivity contribution is 5.77. The van der Waals surface area contributed by atoms with Crippen molar-refractivity contribution in [3.63, 3.8) is 0 Å². The first kappa shape index (κ1) is 18.3. The molecule has 1 fully saturated rings. The van der Waals surface area contributed by atoms with Crippen molar-refractivity contribution in [1.29, 1.82) is 0 Å². The standard InChI is InChI=1S/C15H21F3N4O2/c1-10(23)22-9-12(4-5-13(22)15(16,17)18)20-14(24)6-3-11-7-19-21(2)8-11/h7-8,12-13H,3-6,9H2,1-2H3,(H,20,24)/t12-,13-/m0/s1. The summed E-state index contributed by atoms with van der Waals surface area (Å²) in [6.45, 7) is 1.00. The Bertz CT molecular complexity index is 600. The van der Waals surface area contributed by atoms with Gasteiger partial charge in [-0.25, -0.2) is 0 Å². The molecule has 6 nitrogen and oxygen atoms in total. The van der Waals surface area contributed by atoms with E-state index < -0.39 is 24.2 Å².